The summed E-state index contributed by atoms with van der Waals surface area (Å²) >= 11 is 0. The molecule has 0 bridgehead atoms. The van der Waals surface area contributed by atoms with Crippen LogP contribution in [0.1, 0.15) is 25.3 Å². The Bertz CT molecular complexity index is 1510. The Morgan fingerprint density at radius 3 is 2.79 bits per heavy atom. The molecule has 5 heterocycles. The van der Waals surface area contributed by atoms with Gasteiger partial charge in [0, 0.05) is 18.7 Å². The first kappa shape index (κ1) is 25.5. The largest absolute Gasteiger partial charge is 0.382 e. The van der Waals surface area contributed by atoms with E-state index in [9.17, 15) is 8.78 Å². The van der Waals surface area contributed by atoms with Gasteiger partial charge in [0.25, 0.3) is 0 Å². The molecule has 2 fully saturated rings. The Hall–Kier alpha value is -3.74. The highest BCUT2D eigenvalue weighted by molar-refractivity contribution is 5.81. The van der Waals surface area contributed by atoms with E-state index in [0.717, 1.165) is 42.8 Å². The minimum atomic E-state index is -0.930. The highest BCUT2D eigenvalue weighted by Gasteiger charge is 2.42. The molecule has 4 N–H and O–H groups in total. The molecule has 3 aromatic heterocycles. The zero-order valence-corrected chi connectivity index (χ0v) is 21.6. The number of ether oxygens (including phenoxy) is 2. The Labute approximate surface area is 224 Å². The quantitative estimate of drug-likeness (QED) is 0.395. The number of benzene rings is 1. The zero-order valence-electron chi connectivity index (χ0n) is 21.6. The first-order valence-corrected chi connectivity index (χ1v) is 12.9. The van der Waals surface area contributed by atoms with Crippen molar-refractivity contribution in [1.82, 2.24) is 24.5 Å². The minimum Gasteiger partial charge on any atom is -0.382 e. The van der Waals surface area contributed by atoms with Crippen LogP contribution >= 0.6 is 0 Å². The fraction of sp³-hybridized carbons (Fsp3) is 0.407. The smallest absolute Gasteiger partial charge is 0.165 e. The van der Waals surface area contributed by atoms with Crippen molar-refractivity contribution in [2.45, 2.75) is 44.1 Å². The number of rotatable bonds is 5. The third kappa shape index (κ3) is 4.90. The van der Waals surface area contributed by atoms with Crippen molar-refractivity contribution in [2.75, 3.05) is 36.9 Å². The number of halogens is 2. The molecule has 0 saturated carbocycles. The maximum absolute atomic E-state index is 14.1. The lowest BCUT2D eigenvalue weighted by atomic mass is 9.84. The Morgan fingerprint density at radius 1 is 1.10 bits per heavy atom. The van der Waals surface area contributed by atoms with E-state index >= 15 is 0 Å². The maximum Gasteiger partial charge on any atom is 0.165 e. The minimum absolute atomic E-state index is 0.0175. The van der Waals surface area contributed by atoms with Crippen LogP contribution < -0.4 is 16.4 Å². The first-order chi connectivity index (χ1) is 18.8. The SMILES string of the molecule is C[C@H]1COC[C@@H]([C@@]2(N)CCCN(c3cnc(-c4ccc(F)c(F)c4)cc3Cn3cnc4c(N)ncnc43)C2)O1. The summed E-state index contributed by atoms with van der Waals surface area (Å²) < 4.78 is 41.5. The topological polar surface area (TPSA) is 130 Å². The van der Waals surface area contributed by atoms with Crippen molar-refractivity contribution >= 4 is 22.7 Å². The van der Waals surface area contributed by atoms with Gasteiger partial charge in [0.15, 0.2) is 23.1 Å². The monoisotopic (exact) mass is 536 g/mol. The molecule has 1 aromatic carbocycles. The molecule has 2 aliphatic heterocycles. The van der Waals surface area contributed by atoms with Gasteiger partial charge in [0.1, 0.15) is 17.9 Å². The van der Waals surface area contributed by atoms with Crippen molar-refractivity contribution < 1.29 is 18.3 Å². The third-order valence-electron chi connectivity index (χ3n) is 7.51. The lowest BCUT2D eigenvalue weighted by Crippen LogP contribution is -2.65. The number of imidazole rings is 1. The molecule has 2 aliphatic rings. The van der Waals surface area contributed by atoms with E-state index in [4.69, 9.17) is 20.9 Å². The molecule has 0 radical (unpaired) electrons. The molecule has 12 heteroatoms. The van der Waals surface area contributed by atoms with Crippen molar-refractivity contribution in [1.29, 1.82) is 0 Å². The van der Waals surface area contributed by atoms with E-state index in [2.05, 4.69) is 24.8 Å². The maximum atomic E-state index is 14.1. The number of nitrogens with zero attached hydrogens (tertiary/aromatic N) is 6. The lowest BCUT2D eigenvalue weighted by molar-refractivity contribution is -0.156. The van der Waals surface area contributed by atoms with Gasteiger partial charge < -0.3 is 30.4 Å². The van der Waals surface area contributed by atoms with Gasteiger partial charge in [-0.25, -0.2) is 23.7 Å². The fourth-order valence-corrected chi connectivity index (χ4v) is 5.49. The molecule has 0 unspecified atom stereocenters. The van der Waals surface area contributed by atoms with Gasteiger partial charge in [-0.1, -0.05) is 0 Å². The number of nitrogens with two attached hydrogens (primary N) is 2. The molecule has 39 heavy (non-hydrogen) atoms. The van der Waals surface area contributed by atoms with E-state index in [1.807, 2.05) is 17.6 Å². The van der Waals surface area contributed by atoms with Gasteiger partial charge in [-0.15, -0.1) is 0 Å². The van der Waals surface area contributed by atoms with Crippen molar-refractivity contribution in [3.8, 4) is 11.3 Å². The molecule has 6 rings (SSSR count). The van der Waals surface area contributed by atoms with E-state index in [0.29, 0.717) is 54.5 Å². The predicted molar refractivity (Wildman–Crippen MR) is 142 cm³/mol. The molecular weight excluding hydrogens is 506 g/mol. The standard InChI is InChI=1S/C27H30F2N8O2/c1-16-11-38-12-23(39-16)27(31)5-2-6-36(13-27)22-9-32-21(17-3-4-19(28)20(29)7-17)8-18(22)10-37-15-35-24-25(30)33-14-34-26(24)37/h3-4,7-9,14-16,23H,2,5-6,10-13,31H2,1H3,(H2,30,33,34)/t16-,23-,27+/m0/s1. The van der Waals surface area contributed by atoms with E-state index < -0.39 is 17.2 Å². The number of piperidine rings is 1. The number of hydrogen-bond acceptors (Lipinski definition) is 9. The predicted octanol–water partition coefficient (Wildman–Crippen LogP) is 2.90. The van der Waals surface area contributed by atoms with Crippen LogP contribution in [0, 0.1) is 11.6 Å². The van der Waals surface area contributed by atoms with Crippen LogP contribution in [0.3, 0.4) is 0 Å². The molecule has 2 saturated heterocycles. The summed E-state index contributed by atoms with van der Waals surface area (Å²) in [6.45, 7) is 4.71. The van der Waals surface area contributed by atoms with Crippen LogP contribution in [0.2, 0.25) is 0 Å². The number of nitrogen functional groups attached to an aromatic ring is 1. The van der Waals surface area contributed by atoms with Crippen LogP contribution in [-0.2, 0) is 16.0 Å². The van der Waals surface area contributed by atoms with Crippen LogP contribution in [0.4, 0.5) is 20.3 Å². The van der Waals surface area contributed by atoms with Crippen LogP contribution in [0.15, 0.2) is 43.1 Å². The zero-order chi connectivity index (χ0) is 27.1. The Balaban J connectivity index is 1.39. The highest BCUT2D eigenvalue weighted by Crippen LogP contribution is 2.34. The molecule has 0 spiro atoms. The number of fused-ring (bicyclic) bond motifs is 1. The van der Waals surface area contributed by atoms with E-state index in [1.54, 1.807) is 12.5 Å². The average molecular weight is 537 g/mol. The molecular formula is C27H30F2N8O2. The van der Waals surface area contributed by atoms with Crippen LogP contribution in [0.5, 0.6) is 0 Å². The summed E-state index contributed by atoms with van der Waals surface area (Å²) in [6, 6.07) is 5.64. The molecule has 0 amide bonds. The average Bonchev–Trinajstić information content (AvgIpc) is 3.34. The summed E-state index contributed by atoms with van der Waals surface area (Å²) in [4.78, 5) is 19.6. The van der Waals surface area contributed by atoms with E-state index in [-0.39, 0.29) is 12.2 Å². The number of aromatic nitrogens is 5. The van der Waals surface area contributed by atoms with Crippen LogP contribution in [-0.4, -0.2) is 68.6 Å². The highest BCUT2D eigenvalue weighted by atomic mass is 19.2. The van der Waals surface area contributed by atoms with E-state index in [1.165, 1.54) is 12.4 Å². The van der Waals surface area contributed by atoms with Crippen molar-refractivity contribution in [3.05, 3.63) is 60.3 Å². The van der Waals surface area contributed by atoms with Gasteiger partial charge >= 0.3 is 0 Å². The second-order valence-electron chi connectivity index (χ2n) is 10.4. The van der Waals surface area contributed by atoms with Gasteiger partial charge in [0.2, 0.25) is 0 Å². The first-order valence-electron chi connectivity index (χ1n) is 12.9. The molecule has 10 nitrogen and oxygen atoms in total. The summed E-state index contributed by atoms with van der Waals surface area (Å²) in [5.41, 5.74) is 16.2. The lowest BCUT2D eigenvalue weighted by Gasteiger charge is -2.47. The van der Waals surface area contributed by atoms with Gasteiger partial charge in [-0.3, -0.25) is 4.98 Å². The molecule has 204 valence electrons. The summed E-state index contributed by atoms with van der Waals surface area (Å²) in [5, 5.41) is 0. The Kier molecular flexibility index (Phi) is 6.61. The van der Waals surface area contributed by atoms with Crippen molar-refractivity contribution in [3.63, 3.8) is 0 Å². The van der Waals surface area contributed by atoms with Gasteiger partial charge in [-0.05, 0) is 49.6 Å². The molecule has 0 aliphatic carbocycles. The van der Waals surface area contributed by atoms with Crippen LogP contribution in [0.25, 0.3) is 22.4 Å². The summed E-state index contributed by atoms with van der Waals surface area (Å²) in [5.74, 6) is -1.54. The second kappa shape index (κ2) is 10.1. The summed E-state index contributed by atoms with van der Waals surface area (Å²) in [6.07, 6.45) is 6.26. The van der Waals surface area contributed by atoms with Crippen molar-refractivity contribution in [2.24, 2.45) is 5.73 Å². The van der Waals surface area contributed by atoms with Gasteiger partial charge in [-0.2, -0.15) is 0 Å². The number of hydrogen-bond donors (Lipinski definition) is 2. The summed E-state index contributed by atoms with van der Waals surface area (Å²) in [7, 11) is 0. The molecule has 4 aromatic rings. The van der Waals surface area contributed by atoms with Gasteiger partial charge in [0.05, 0.1) is 55.3 Å². The number of anilines is 2. The second-order valence-corrected chi connectivity index (χ2v) is 10.4. The molecule has 3 atom stereocenters. The Morgan fingerprint density at radius 2 is 1.97 bits per heavy atom. The third-order valence-corrected chi connectivity index (χ3v) is 7.51. The normalized spacial score (nSPS) is 23.8. The fourth-order valence-electron chi connectivity index (χ4n) is 5.49. The number of pyridine rings is 1.